The highest BCUT2D eigenvalue weighted by molar-refractivity contribution is 5.34. The minimum absolute atomic E-state index is 0.541. The molecule has 0 atom stereocenters. The summed E-state index contributed by atoms with van der Waals surface area (Å²) in [5.41, 5.74) is 7.32. The number of pyridine rings is 1. The molecule has 72 valence electrons. The van der Waals surface area contributed by atoms with Gasteiger partial charge in [0, 0.05) is 12.6 Å². The summed E-state index contributed by atoms with van der Waals surface area (Å²) >= 11 is 0. The summed E-state index contributed by atoms with van der Waals surface area (Å²) in [7, 11) is 2.09. The van der Waals surface area contributed by atoms with E-state index >= 15 is 0 Å². The van der Waals surface area contributed by atoms with Gasteiger partial charge >= 0.3 is 0 Å². The molecule has 0 saturated carbocycles. The fourth-order valence-corrected chi connectivity index (χ4v) is 0.968. The molecule has 0 amide bonds. The van der Waals surface area contributed by atoms with Gasteiger partial charge in [-0.05, 0) is 33.0 Å². The Morgan fingerprint density at radius 1 is 1.46 bits per heavy atom. The van der Waals surface area contributed by atoms with Crippen LogP contribution in [0.25, 0.3) is 0 Å². The zero-order chi connectivity index (χ0) is 9.84. The maximum atomic E-state index is 5.54. The normalized spacial score (nSPS) is 11.2. The Morgan fingerprint density at radius 3 is 2.62 bits per heavy atom. The van der Waals surface area contributed by atoms with Gasteiger partial charge in [0.2, 0.25) is 0 Å². The molecule has 0 aliphatic rings. The molecule has 1 aromatic heterocycles. The van der Waals surface area contributed by atoms with Crippen LogP contribution in [0.15, 0.2) is 18.3 Å². The second kappa shape index (κ2) is 4.23. The van der Waals surface area contributed by atoms with Crippen LogP contribution in [0.2, 0.25) is 0 Å². The smallest absolute Gasteiger partial charge is 0.0545 e. The number of nitrogen functional groups attached to an aromatic ring is 1. The van der Waals surface area contributed by atoms with E-state index in [0.29, 0.717) is 6.04 Å². The molecule has 3 heteroatoms. The lowest BCUT2D eigenvalue weighted by Crippen LogP contribution is -2.25. The monoisotopic (exact) mass is 179 g/mol. The van der Waals surface area contributed by atoms with Crippen LogP contribution in [0.3, 0.4) is 0 Å². The largest absolute Gasteiger partial charge is 0.397 e. The van der Waals surface area contributed by atoms with Crippen LogP contribution in [0.5, 0.6) is 0 Å². The maximum Gasteiger partial charge on any atom is 0.0545 e. The molecule has 13 heavy (non-hydrogen) atoms. The first-order valence-corrected chi connectivity index (χ1v) is 4.50. The van der Waals surface area contributed by atoms with E-state index in [4.69, 9.17) is 5.73 Å². The molecule has 3 nitrogen and oxygen atoms in total. The molecule has 0 unspecified atom stereocenters. The summed E-state index contributed by atoms with van der Waals surface area (Å²) < 4.78 is 0. The third kappa shape index (κ3) is 3.03. The van der Waals surface area contributed by atoms with Crippen LogP contribution in [0.4, 0.5) is 5.69 Å². The van der Waals surface area contributed by atoms with Crippen LogP contribution in [-0.4, -0.2) is 23.0 Å². The molecular formula is C10H17N3. The Morgan fingerprint density at radius 2 is 2.15 bits per heavy atom. The highest BCUT2D eigenvalue weighted by atomic mass is 15.1. The fourth-order valence-electron chi connectivity index (χ4n) is 0.968. The molecule has 0 bridgehead atoms. The summed E-state index contributed by atoms with van der Waals surface area (Å²) in [6.45, 7) is 5.20. The third-order valence-corrected chi connectivity index (χ3v) is 2.14. The first kappa shape index (κ1) is 9.99. The van der Waals surface area contributed by atoms with Crippen LogP contribution >= 0.6 is 0 Å². The second-order valence-electron chi connectivity index (χ2n) is 3.59. The predicted octanol–water partition coefficient (Wildman–Crippen LogP) is 1.50. The fraction of sp³-hybridized carbons (Fsp3) is 0.500. The summed E-state index contributed by atoms with van der Waals surface area (Å²) in [6.07, 6.45) is 1.70. The molecule has 1 aromatic rings. The molecule has 0 fully saturated rings. The van der Waals surface area contributed by atoms with Gasteiger partial charge in [-0.15, -0.1) is 0 Å². The van der Waals surface area contributed by atoms with Crippen molar-refractivity contribution in [3.63, 3.8) is 0 Å². The zero-order valence-corrected chi connectivity index (χ0v) is 8.49. The van der Waals surface area contributed by atoms with E-state index in [1.54, 1.807) is 6.20 Å². The molecule has 0 aliphatic heterocycles. The van der Waals surface area contributed by atoms with E-state index in [1.807, 2.05) is 12.1 Å². The Hall–Kier alpha value is -1.09. The predicted molar refractivity (Wildman–Crippen MR) is 55.3 cm³/mol. The van der Waals surface area contributed by atoms with Gasteiger partial charge in [-0.25, -0.2) is 0 Å². The van der Waals surface area contributed by atoms with Gasteiger partial charge < -0.3 is 5.73 Å². The van der Waals surface area contributed by atoms with Crippen LogP contribution < -0.4 is 5.73 Å². The molecular weight excluding hydrogens is 162 g/mol. The van der Waals surface area contributed by atoms with Crippen LogP contribution in [-0.2, 0) is 6.54 Å². The van der Waals surface area contributed by atoms with Crippen molar-refractivity contribution in [1.82, 2.24) is 9.88 Å². The minimum Gasteiger partial charge on any atom is -0.397 e. The van der Waals surface area contributed by atoms with Crippen molar-refractivity contribution in [1.29, 1.82) is 0 Å². The Balaban J connectivity index is 2.59. The standard InChI is InChI=1S/C10H17N3/c1-8(2)13(3)7-10-5-4-9(11)6-12-10/h4-6,8H,7,11H2,1-3H3. The van der Waals surface area contributed by atoms with Gasteiger partial charge in [0.1, 0.15) is 0 Å². The van der Waals surface area contributed by atoms with E-state index < -0.39 is 0 Å². The average molecular weight is 179 g/mol. The van der Waals surface area contributed by atoms with Crippen LogP contribution in [0.1, 0.15) is 19.5 Å². The van der Waals surface area contributed by atoms with Gasteiger partial charge in [0.25, 0.3) is 0 Å². The van der Waals surface area contributed by atoms with Crippen molar-refractivity contribution in [2.75, 3.05) is 12.8 Å². The van der Waals surface area contributed by atoms with Gasteiger partial charge in [0.05, 0.1) is 17.6 Å². The van der Waals surface area contributed by atoms with Crippen molar-refractivity contribution in [2.45, 2.75) is 26.4 Å². The summed E-state index contributed by atoms with van der Waals surface area (Å²) in [5.74, 6) is 0. The molecule has 0 aromatic carbocycles. The maximum absolute atomic E-state index is 5.54. The molecule has 0 saturated heterocycles. The lowest BCUT2D eigenvalue weighted by Gasteiger charge is -2.20. The van der Waals surface area contributed by atoms with Crippen molar-refractivity contribution in [2.24, 2.45) is 0 Å². The van der Waals surface area contributed by atoms with E-state index in [9.17, 15) is 0 Å². The van der Waals surface area contributed by atoms with Gasteiger partial charge in [-0.1, -0.05) is 0 Å². The number of anilines is 1. The van der Waals surface area contributed by atoms with Gasteiger partial charge in [0.15, 0.2) is 0 Å². The van der Waals surface area contributed by atoms with E-state index in [-0.39, 0.29) is 0 Å². The number of rotatable bonds is 3. The number of hydrogen-bond donors (Lipinski definition) is 1. The van der Waals surface area contributed by atoms with Crippen LogP contribution in [0, 0.1) is 0 Å². The molecule has 0 spiro atoms. The van der Waals surface area contributed by atoms with E-state index in [2.05, 4.69) is 30.8 Å². The Labute approximate surface area is 79.6 Å². The van der Waals surface area contributed by atoms with Crippen molar-refractivity contribution >= 4 is 5.69 Å². The Kier molecular flexibility index (Phi) is 3.25. The molecule has 0 radical (unpaired) electrons. The van der Waals surface area contributed by atoms with E-state index in [0.717, 1.165) is 17.9 Å². The quantitative estimate of drug-likeness (QED) is 0.764. The first-order chi connectivity index (χ1) is 6.09. The lowest BCUT2D eigenvalue weighted by molar-refractivity contribution is 0.263. The summed E-state index contributed by atoms with van der Waals surface area (Å²) in [5, 5.41) is 0. The highest BCUT2D eigenvalue weighted by Crippen LogP contribution is 2.05. The zero-order valence-electron chi connectivity index (χ0n) is 8.49. The summed E-state index contributed by atoms with van der Waals surface area (Å²) in [4.78, 5) is 6.47. The number of hydrogen-bond acceptors (Lipinski definition) is 3. The number of nitrogens with two attached hydrogens (primary N) is 1. The highest BCUT2D eigenvalue weighted by Gasteiger charge is 2.04. The van der Waals surface area contributed by atoms with Gasteiger partial charge in [-0.2, -0.15) is 0 Å². The van der Waals surface area contributed by atoms with Crippen molar-refractivity contribution in [3.8, 4) is 0 Å². The van der Waals surface area contributed by atoms with Crippen molar-refractivity contribution < 1.29 is 0 Å². The van der Waals surface area contributed by atoms with Crippen molar-refractivity contribution in [3.05, 3.63) is 24.0 Å². The lowest BCUT2D eigenvalue weighted by atomic mass is 10.3. The minimum atomic E-state index is 0.541. The first-order valence-electron chi connectivity index (χ1n) is 4.50. The number of aromatic nitrogens is 1. The molecule has 1 heterocycles. The topological polar surface area (TPSA) is 42.1 Å². The average Bonchev–Trinajstić information content (AvgIpc) is 2.08. The second-order valence-corrected chi connectivity index (χ2v) is 3.59. The molecule has 2 N–H and O–H groups in total. The summed E-state index contributed by atoms with van der Waals surface area (Å²) in [6, 6.07) is 4.39. The van der Waals surface area contributed by atoms with Gasteiger partial charge in [-0.3, -0.25) is 9.88 Å². The third-order valence-electron chi connectivity index (χ3n) is 2.14. The van der Waals surface area contributed by atoms with E-state index in [1.165, 1.54) is 0 Å². The SMILES string of the molecule is CC(C)N(C)Cc1ccc(N)cn1. The number of nitrogens with zero attached hydrogens (tertiary/aromatic N) is 2. The molecule has 0 aliphatic carbocycles. The Bertz CT molecular complexity index is 253. The molecule has 1 rings (SSSR count).